The number of rotatable bonds is 2. The van der Waals surface area contributed by atoms with Crippen molar-refractivity contribution in [2.45, 2.75) is 6.92 Å². The fraction of sp³-hybridized carbons (Fsp3) is 0.0476. The lowest BCUT2D eigenvalue weighted by Crippen LogP contribution is -2.06. The first kappa shape index (κ1) is 15.8. The van der Waals surface area contributed by atoms with Crippen LogP contribution in [0.15, 0.2) is 65.6 Å². The van der Waals surface area contributed by atoms with Gasteiger partial charge >= 0.3 is 0 Å². The fourth-order valence-electron chi connectivity index (χ4n) is 3.13. The topological polar surface area (TPSA) is 71.5 Å². The summed E-state index contributed by atoms with van der Waals surface area (Å²) >= 11 is 1.66. The molecule has 27 heavy (non-hydrogen) atoms. The van der Waals surface area contributed by atoms with Gasteiger partial charge in [-0.25, -0.2) is 9.97 Å². The van der Waals surface area contributed by atoms with Gasteiger partial charge in [0, 0.05) is 28.1 Å². The normalized spacial score (nSPS) is 11.3. The number of aromatic amines is 1. The molecule has 5 nitrogen and oxygen atoms in total. The molecule has 0 aliphatic heterocycles. The highest BCUT2D eigenvalue weighted by molar-refractivity contribution is 7.15. The van der Waals surface area contributed by atoms with Gasteiger partial charge in [-0.3, -0.25) is 9.78 Å². The van der Waals surface area contributed by atoms with Crippen LogP contribution in [0.1, 0.15) is 4.88 Å². The molecule has 0 bridgehead atoms. The maximum atomic E-state index is 11.7. The summed E-state index contributed by atoms with van der Waals surface area (Å²) in [4.78, 5) is 30.7. The summed E-state index contributed by atoms with van der Waals surface area (Å²) in [5.74, 6) is 0. The Balaban J connectivity index is 1.82. The van der Waals surface area contributed by atoms with E-state index in [4.69, 9.17) is 9.97 Å². The average molecular weight is 370 g/mol. The highest BCUT2D eigenvalue weighted by atomic mass is 32.1. The minimum absolute atomic E-state index is 0.186. The van der Waals surface area contributed by atoms with Crippen molar-refractivity contribution in [2.75, 3.05) is 0 Å². The van der Waals surface area contributed by atoms with E-state index in [9.17, 15) is 4.79 Å². The Morgan fingerprint density at radius 3 is 2.67 bits per heavy atom. The molecule has 4 aromatic heterocycles. The Morgan fingerprint density at radius 1 is 0.926 bits per heavy atom. The van der Waals surface area contributed by atoms with Gasteiger partial charge in [-0.2, -0.15) is 0 Å². The molecule has 1 aromatic carbocycles. The summed E-state index contributed by atoms with van der Waals surface area (Å²) in [6.45, 7) is 2.06. The lowest BCUT2D eigenvalue weighted by molar-refractivity contribution is 1.20. The van der Waals surface area contributed by atoms with E-state index < -0.39 is 0 Å². The van der Waals surface area contributed by atoms with Gasteiger partial charge < -0.3 is 4.98 Å². The Bertz CT molecular complexity index is 1370. The van der Waals surface area contributed by atoms with Crippen LogP contribution in [0.25, 0.3) is 43.9 Å². The molecule has 0 fully saturated rings. The van der Waals surface area contributed by atoms with E-state index in [1.807, 2.05) is 30.3 Å². The average Bonchev–Trinajstić information content (AvgIpc) is 3.13. The molecule has 0 amide bonds. The minimum atomic E-state index is -0.186. The molecule has 4 heterocycles. The Kier molecular flexibility index (Phi) is 3.58. The van der Waals surface area contributed by atoms with Crippen LogP contribution in [0.3, 0.4) is 0 Å². The largest absolute Gasteiger partial charge is 0.305 e. The number of pyridine rings is 2. The van der Waals surface area contributed by atoms with Crippen molar-refractivity contribution in [2.24, 2.45) is 0 Å². The monoisotopic (exact) mass is 370 g/mol. The van der Waals surface area contributed by atoms with Gasteiger partial charge in [0.1, 0.15) is 11.2 Å². The van der Waals surface area contributed by atoms with Crippen molar-refractivity contribution in [1.29, 1.82) is 0 Å². The van der Waals surface area contributed by atoms with E-state index in [1.54, 1.807) is 23.6 Å². The Hall–Kier alpha value is -3.38. The summed E-state index contributed by atoms with van der Waals surface area (Å²) in [5.41, 5.74) is 4.44. The molecule has 5 aromatic rings. The molecule has 0 aliphatic rings. The van der Waals surface area contributed by atoms with Gasteiger partial charge in [0.15, 0.2) is 5.65 Å². The third-order valence-corrected chi connectivity index (χ3v) is 5.41. The zero-order valence-electron chi connectivity index (χ0n) is 14.4. The smallest absolute Gasteiger partial charge is 0.249 e. The number of H-pyrrole nitrogens is 1. The lowest BCUT2D eigenvalue weighted by atomic mass is 10.1. The second-order valence-corrected chi connectivity index (χ2v) is 7.59. The van der Waals surface area contributed by atoms with Crippen LogP contribution in [-0.4, -0.2) is 19.9 Å². The molecule has 0 atom stereocenters. The quantitative estimate of drug-likeness (QED) is 0.494. The lowest BCUT2D eigenvalue weighted by Gasteiger charge is -2.09. The van der Waals surface area contributed by atoms with Gasteiger partial charge in [0.05, 0.1) is 16.1 Å². The first-order chi connectivity index (χ1) is 13.2. The number of thiophene rings is 1. The predicted octanol–water partition coefficient (Wildman–Crippen LogP) is 4.57. The molecule has 0 unspecified atom stereocenters. The number of nitrogens with one attached hydrogen (secondary N) is 1. The first-order valence-electron chi connectivity index (χ1n) is 8.50. The van der Waals surface area contributed by atoms with E-state index in [1.165, 1.54) is 10.9 Å². The van der Waals surface area contributed by atoms with Crippen molar-refractivity contribution in [1.82, 2.24) is 19.9 Å². The van der Waals surface area contributed by atoms with E-state index in [0.29, 0.717) is 11.2 Å². The standard InChI is InChI=1S/C21H14N4OS/c1-12-4-8-17(27-12)20-19(23-16-7-9-18(26)24-21(16)25-20)14-5-6-15-13(11-14)3-2-10-22-15/h2-11H,1H3,(H,24,25,26). The summed E-state index contributed by atoms with van der Waals surface area (Å²) in [6.07, 6.45) is 1.79. The fourth-order valence-corrected chi connectivity index (χ4v) is 3.99. The Labute approximate surface area is 158 Å². The predicted molar refractivity (Wildman–Crippen MR) is 109 cm³/mol. The van der Waals surface area contributed by atoms with Gasteiger partial charge in [0.25, 0.3) is 0 Å². The zero-order chi connectivity index (χ0) is 18.4. The Morgan fingerprint density at radius 2 is 1.81 bits per heavy atom. The second kappa shape index (κ2) is 6.10. The summed E-state index contributed by atoms with van der Waals surface area (Å²) < 4.78 is 0. The van der Waals surface area contributed by atoms with Crippen molar-refractivity contribution >= 4 is 33.4 Å². The molecule has 0 spiro atoms. The van der Waals surface area contributed by atoms with Crippen LogP contribution in [0, 0.1) is 6.92 Å². The number of fused-ring (bicyclic) bond motifs is 2. The first-order valence-corrected chi connectivity index (χ1v) is 9.32. The van der Waals surface area contributed by atoms with E-state index in [2.05, 4.69) is 29.0 Å². The SMILES string of the molecule is Cc1ccc(-c2nc3[nH]c(=O)ccc3nc2-c2ccc3ncccc3c2)s1. The highest BCUT2D eigenvalue weighted by Gasteiger charge is 2.15. The number of aromatic nitrogens is 4. The van der Waals surface area contributed by atoms with Gasteiger partial charge in [-0.1, -0.05) is 12.1 Å². The number of hydrogen-bond acceptors (Lipinski definition) is 5. The molecule has 5 rings (SSSR count). The molecular formula is C21H14N4OS. The van der Waals surface area contributed by atoms with Crippen LogP contribution >= 0.6 is 11.3 Å². The highest BCUT2D eigenvalue weighted by Crippen LogP contribution is 2.35. The minimum Gasteiger partial charge on any atom is -0.305 e. The summed E-state index contributed by atoms with van der Waals surface area (Å²) in [7, 11) is 0. The molecule has 0 saturated heterocycles. The van der Waals surface area contributed by atoms with Crippen LogP contribution in [0.4, 0.5) is 0 Å². The third kappa shape index (κ3) is 2.80. The van der Waals surface area contributed by atoms with Crippen LogP contribution < -0.4 is 5.56 Å². The number of nitrogens with zero attached hydrogens (tertiary/aromatic N) is 3. The second-order valence-electron chi connectivity index (χ2n) is 6.30. The number of benzene rings is 1. The van der Waals surface area contributed by atoms with E-state index >= 15 is 0 Å². The number of aryl methyl sites for hydroxylation is 1. The van der Waals surface area contributed by atoms with Crippen LogP contribution in [0.2, 0.25) is 0 Å². The molecular weight excluding hydrogens is 356 g/mol. The molecule has 0 saturated carbocycles. The molecule has 0 radical (unpaired) electrons. The third-order valence-electron chi connectivity index (χ3n) is 4.41. The van der Waals surface area contributed by atoms with Gasteiger partial charge in [0.2, 0.25) is 5.56 Å². The number of hydrogen-bond donors (Lipinski definition) is 1. The molecule has 0 aliphatic carbocycles. The van der Waals surface area contributed by atoms with Crippen LogP contribution in [0.5, 0.6) is 0 Å². The molecule has 1 N–H and O–H groups in total. The van der Waals surface area contributed by atoms with Crippen molar-refractivity contribution in [3.8, 4) is 21.8 Å². The molecule has 6 heteroatoms. The van der Waals surface area contributed by atoms with Crippen molar-refractivity contribution in [3.05, 3.63) is 76.0 Å². The zero-order valence-corrected chi connectivity index (χ0v) is 15.2. The van der Waals surface area contributed by atoms with Crippen molar-refractivity contribution in [3.63, 3.8) is 0 Å². The van der Waals surface area contributed by atoms with Gasteiger partial charge in [-0.05, 0) is 43.3 Å². The summed E-state index contributed by atoms with van der Waals surface area (Å²) in [6, 6.07) is 17.3. The molecule has 130 valence electrons. The summed E-state index contributed by atoms with van der Waals surface area (Å²) in [5, 5.41) is 1.05. The van der Waals surface area contributed by atoms with Gasteiger partial charge in [-0.15, -0.1) is 11.3 Å². The van der Waals surface area contributed by atoms with Crippen molar-refractivity contribution < 1.29 is 0 Å². The maximum absolute atomic E-state index is 11.7. The van der Waals surface area contributed by atoms with E-state index in [-0.39, 0.29) is 5.56 Å². The van der Waals surface area contributed by atoms with Crippen LogP contribution in [-0.2, 0) is 0 Å². The maximum Gasteiger partial charge on any atom is 0.249 e. The van der Waals surface area contributed by atoms with E-state index in [0.717, 1.165) is 32.7 Å².